The van der Waals surface area contributed by atoms with Gasteiger partial charge in [0.15, 0.2) is 0 Å². The molecule has 1 aliphatic carbocycles. The van der Waals surface area contributed by atoms with Crippen LogP contribution in [0.2, 0.25) is 0 Å². The quantitative estimate of drug-likeness (QED) is 0.799. The molecule has 6 nitrogen and oxygen atoms in total. The number of ether oxygens (including phenoxy) is 1. The second-order valence-corrected chi connectivity index (χ2v) is 7.83. The Morgan fingerprint density at radius 2 is 2.00 bits per heavy atom. The zero-order valence-corrected chi connectivity index (χ0v) is 16.5. The third kappa shape index (κ3) is 4.06. The van der Waals surface area contributed by atoms with Crippen LogP contribution in [0.4, 0.5) is 0 Å². The molecule has 27 heavy (non-hydrogen) atoms. The van der Waals surface area contributed by atoms with E-state index < -0.39 is 0 Å². The van der Waals surface area contributed by atoms with E-state index in [0.717, 1.165) is 43.7 Å². The lowest BCUT2D eigenvalue weighted by molar-refractivity contribution is -0.133. The van der Waals surface area contributed by atoms with Crippen molar-refractivity contribution >= 4 is 24.2 Å². The molecule has 4 rings (SSSR count). The lowest BCUT2D eigenvalue weighted by Gasteiger charge is -2.23. The van der Waals surface area contributed by atoms with Crippen molar-refractivity contribution in [3.05, 3.63) is 29.8 Å². The molecule has 2 N–H and O–H groups in total. The van der Waals surface area contributed by atoms with Crippen LogP contribution in [0, 0.1) is 11.3 Å². The molecule has 0 aromatic heterocycles. The minimum Gasteiger partial charge on any atom is -0.497 e. The molecule has 3 aliphatic rings. The van der Waals surface area contributed by atoms with Crippen LogP contribution in [0.15, 0.2) is 24.3 Å². The highest BCUT2D eigenvalue weighted by Gasteiger charge is 2.58. The highest BCUT2D eigenvalue weighted by molar-refractivity contribution is 5.91. The highest BCUT2D eigenvalue weighted by atomic mass is 35.5. The van der Waals surface area contributed by atoms with Gasteiger partial charge in [-0.1, -0.05) is 12.1 Å². The van der Waals surface area contributed by atoms with Gasteiger partial charge in [-0.05, 0) is 61.9 Å². The van der Waals surface area contributed by atoms with Crippen LogP contribution >= 0.6 is 12.4 Å². The van der Waals surface area contributed by atoms with Crippen LogP contribution in [0.5, 0.6) is 5.75 Å². The van der Waals surface area contributed by atoms with E-state index in [2.05, 4.69) is 10.6 Å². The number of rotatable bonds is 5. The first-order chi connectivity index (χ1) is 12.6. The molecule has 1 spiro atoms. The molecule has 3 fully saturated rings. The van der Waals surface area contributed by atoms with Crippen molar-refractivity contribution in [2.45, 2.75) is 38.3 Å². The van der Waals surface area contributed by atoms with Crippen LogP contribution in [0.3, 0.4) is 0 Å². The number of amides is 2. The number of methoxy groups -OCH3 is 1. The van der Waals surface area contributed by atoms with Crippen LogP contribution < -0.4 is 15.4 Å². The van der Waals surface area contributed by atoms with E-state index in [1.165, 1.54) is 0 Å². The first-order valence-corrected chi connectivity index (χ1v) is 9.54. The Morgan fingerprint density at radius 1 is 1.30 bits per heavy atom. The number of likely N-dealkylation sites (tertiary alicyclic amines) is 1. The van der Waals surface area contributed by atoms with Gasteiger partial charge in [-0.3, -0.25) is 9.59 Å². The Bertz CT molecular complexity index is 688. The third-order valence-corrected chi connectivity index (χ3v) is 6.25. The first kappa shape index (κ1) is 20.0. The Morgan fingerprint density at radius 3 is 2.67 bits per heavy atom. The van der Waals surface area contributed by atoms with E-state index in [1.807, 2.05) is 29.2 Å². The molecule has 0 radical (unpaired) electrons. The van der Waals surface area contributed by atoms with Gasteiger partial charge in [0.05, 0.1) is 7.11 Å². The highest BCUT2D eigenvalue weighted by Crippen LogP contribution is 2.58. The van der Waals surface area contributed by atoms with Gasteiger partial charge in [0.25, 0.3) is 0 Å². The van der Waals surface area contributed by atoms with Crippen molar-refractivity contribution in [3.8, 4) is 5.75 Å². The molecule has 7 heteroatoms. The molecule has 2 heterocycles. The van der Waals surface area contributed by atoms with Gasteiger partial charge < -0.3 is 20.3 Å². The Labute approximate surface area is 166 Å². The van der Waals surface area contributed by atoms with Gasteiger partial charge in [0.1, 0.15) is 11.8 Å². The van der Waals surface area contributed by atoms with E-state index in [1.54, 1.807) is 7.11 Å². The van der Waals surface area contributed by atoms with Crippen molar-refractivity contribution in [1.29, 1.82) is 0 Å². The number of carbonyl (C=O) groups excluding carboxylic acids is 2. The van der Waals surface area contributed by atoms with Crippen molar-refractivity contribution in [2.24, 2.45) is 11.3 Å². The summed E-state index contributed by atoms with van der Waals surface area (Å²) in [5, 5.41) is 6.38. The summed E-state index contributed by atoms with van der Waals surface area (Å²) in [6.07, 6.45) is 3.83. The van der Waals surface area contributed by atoms with E-state index in [4.69, 9.17) is 4.74 Å². The van der Waals surface area contributed by atoms with E-state index in [-0.39, 0.29) is 41.6 Å². The molecular weight excluding hydrogens is 366 g/mol. The number of hydrogen-bond donors (Lipinski definition) is 2. The fraction of sp³-hybridized carbons (Fsp3) is 0.600. The van der Waals surface area contributed by atoms with Gasteiger partial charge in [0.2, 0.25) is 11.8 Å². The van der Waals surface area contributed by atoms with Crippen molar-refractivity contribution in [1.82, 2.24) is 15.5 Å². The van der Waals surface area contributed by atoms with Crippen molar-refractivity contribution < 1.29 is 14.3 Å². The number of halogens is 1. The van der Waals surface area contributed by atoms with Crippen molar-refractivity contribution in [2.75, 3.05) is 26.7 Å². The van der Waals surface area contributed by atoms with Gasteiger partial charge in [0, 0.05) is 19.0 Å². The fourth-order valence-corrected chi connectivity index (χ4v) is 4.45. The molecular formula is C20H28ClN3O3. The van der Waals surface area contributed by atoms with Gasteiger partial charge in [-0.2, -0.15) is 0 Å². The normalized spacial score (nSPS) is 25.8. The largest absolute Gasteiger partial charge is 0.497 e. The summed E-state index contributed by atoms with van der Waals surface area (Å²) in [7, 11) is 1.64. The molecule has 0 bridgehead atoms. The summed E-state index contributed by atoms with van der Waals surface area (Å²) in [5.41, 5.74) is 1.28. The van der Waals surface area contributed by atoms with E-state index in [0.29, 0.717) is 19.5 Å². The number of benzene rings is 1. The monoisotopic (exact) mass is 393 g/mol. The maximum atomic E-state index is 12.7. The van der Waals surface area contributed by atoms with Crippen LogP contribution in [0.1, 0.15) is 31.2 Å². The number of piperidine rings is 1. The summed E-state index contributed by atoms with van der Waals surface area (Å²) < 4.78 is 5.16. The van der Waals surface area contributed by atoms with Crippen LogP contribution in [0.25, 0.3) is 0 Å². The van der Waals surface area contributed by atoms with Crippen LogP contribution in [-0.4, -0.2) is 49.5 Å². The number of carbonyl (C=O) groups is 2. The maximum Gasteiger partial charge on any atom is 0.245 e. The SMILES string of the molecule is COc1ccc(CN2CCC(NC(=O)C3CC34CCNCC4)C2=O)cc1.Cl. The minimum absolute atomic E-state index is 0. The molecule has 1 aromatic rings. The van der Waals surface area contributed by atoms with E-state index in [9.17, 15) is 9.59 Å². The zero-order valence-electron chi connectivity index (χ0n) is 15.7. The number of nitrogens with one attached hydrogen (secondary N) is 2. The Hall–Kier alpha value is -1.79. The molecule has 1 aromatic carbocycles. The lowest BCUT2D eigenvalue weighted by atomic mass is 9.91. The van der Waals surface area contributed by atoms with Crippen LogP contribution in [-0.2, 0) is 16.1 Å². The summed E-state index contributed by atoms with van der Waals surface area (Å²) in [6, 6.07) is 7.40. The average Bonchev–Trinajstić information content (AvgIpc) is 3.26. The molecule has 2 atom stereocenters. The lowest BCUT2D eigenvalue weighted by Crippen LogP contribution is -2.43. The molecule has 2 unspecified atom stereocenters. The fourth-order valence-electron chi connectivity index (χ4n) is 4.45. The maximum absolute atomic E-state index is 12.7. The number of hydrogen-bond acceptors (Lipinski definition) is 4. The van der Waals surface area contributed by atoms with E-state index >= 15 is 0 Å². The average molecular weight is 394 g/mol. The smallest absolute Gasteiger partial charge is 0.245 e. The predicted molar refractivity (Wildman–Crippen MR) is 105 cm³/mol. The summed E-state index contributed by atoms with van der Waals surface area (Å²) in [4.78, 5) is 27.1. The minimum atomic E-state index is -0.361. The molecule has 2 saturated heterocycles. The van der Waals surface area contributed by atoms with Crippen molar-refractivity contribution in [3.63, 3.8) is 0 Å². The predicted octanol–water partition coefficient (Wildman–Crippen LogP) is 1.72. The third-order valence-electron chi connectivity index (χ3n) is 6.25. The summed E-state index contributed by atoms with van der Waals surface area (Å²) >= 11 is 0. The Balaban J connectivity index is 0.00000210. The topological polar surface area (TPSA) is 70.7 Å². The van der Waals surface area contributed by atoms with Gasteiger partial charge in [-0.15, -0.1) is 12.4 Å². The second-order valence-electron chi connectivity index (χ2n) is 7.83. The second kappa shape index (κ2) is 8.07. The van der Waals surface area contributed by atoms with Gasteiger partial charge >= 0.3 is 0 Å². The molecule has 2 amide bonds. The zero-order chi connectivity index (χ0) is 18.1. The standard InChI is InChI=1S/C20H27N3O3.ClH/c1-26-15-4-2-14(3-5-15)13-23-11-6-17(19(23)25)22-18(24)16-12-20(16)7-9-21-10-8-20;/h2-5,16-17,21H,6-13H2,1H3,(H,22,24);1H. The molecule has 148 valence electrons. The molecule has 1 saturated carbocycles. The molecule has 2 aliphatic heterocycles. The number of nitrogens with zero attached hydrogens (tertiary/aromatic N) is 1. The summed E-state index contributed by atoms with van der Waals surface area (Å²) in [6.45, 7) is 3.27. The first-order valence-electron chi connectivity index (χ1n) is 9.54. The Kier molecular flexibility index (Phi) is 5.96. The van der Waals surface area contributed by atoms with Gasteiger partial charge in [-0.25, -0.2) is 0 Å². The summed E-state index contributed by atoms with van der Waals surface area (Å²) in [5.74, 6) is 1.03.